The van der Waals surface area contributed by atoms with Crippen molar-refractivity contribution in [2.24, 2.45) is 0 Å². The molecule has 0 radical (unpaired) electrons. The number of benzene rings is 12. The predicted octanol–water partition coefficient (Wildman–Crippen LogP) is 22.1. The fourth-order valence-electron chi connectivity index (χ4n) is 10.9. The van der Waals surface area contributed by atoms with Gasteiger partial charge in [0.05, 0.1) is 34.3 Å². The number of hydrogen-bond acceptors (Lipinski definition) is 5. The zero-order valence-electron chi connectivity index (χ0n) is 72.4. The monoisotopic (exact) mass is 1350 g/mol. The van der Waals surface area contributed by atoms with Crippen molar-refractivity contribution in [3.8, 4) is 95.6 Å². The summed E-state index contributed by atoms with van der Waals surface area (Å²) in [6, 6.07) is 31.0. The molecule has 0 bridgehead atoms. The summed E-state index contributed by atoms with van der Waals surface area (Å²) in [7, 11) is 0. The van der Waals surface area contributed by atoms with Gasteiger partial charge in [0.2, 0.25) is 0 Å². The van der Waals surface area contributed by atoms with E-state index in [9.17, 15) is 2.74 Å². The van der Waals surface area contributed by atoms with E-state index in [1.165, 1.54) is 30.5 Å². The second-order valence-electron chi connectivity index (χ2n) is 21.4. The molecule has 1 aliphatic rings. The van der Waals surface area contributed by atoms with E-state index in [1.807, 2.05) is 26.8 Å². The first-order chi connectivity index (χ1) is 53.6. The Balaban J connectivity index is 0.0000108. The summed E-state index contributed by atoms with van der Waals surface area (Å²) in [5.74, 6) is 0.500. The van der Waals surface area contributed by atoms with Gasteiger partial charge in [0, 0.05) is 89.7 Å². The van der Waals surface area contributed by atoms with Crippen molar-refractivity contribution in [2.45, 2.75) is 26.2 Å². The van der Waals surface area contributed by atoms with Gasteiger partial charge in [0.25, 0.3) is 0 Å². The summed E-state index contributed by atoms with van der Waals surface area (Å²) in [5.41, 5.74) is 2.88. The molecule has 0 saturated heterocycles. The van der Waals surface area contributed by atoms with Crippen LogP contribution in [-0.4, -0.2) is 9.55 Å². The van der Waals surface area contributed by atoms with E-state index in [4.69, 9.17) is 46.0 Å². The molecule has 0 spiro atoms. The number of ether oxygens (including phenoxy) is 2. The second kappa shape index (κ2) is 24.0. The van der Waals surface area contributed by atoms with Crippen LogP contribution in [0.1, 0.15) is 60.6 Å². The smallest absolute Gasteiger partial charge is 0.143 e. The molecule has 0 unspecified atom stereocenters. The molecule has 0 fully saturated rings. The van der Waals surface area contributed by atoms with E-state index < -0.39 is 156 Å². The molecule has 1 aliphatic heterocycles. The van der Waals surface area contributed by atoms with Crippen molar-refractivity contribution in [1.29, 1.82) is 0 Å². The van der Waals surface area contributed by atoms with Gasteiger partial charge in [-0.1, -0.05) is 250 Å². The SMILES string of the molecule is [2H]c1c([2H])c([2H])c(-c2cc(-c3cccc(-c4c([2H])c([2H])c([2H])c([2H])c4[2H])c3Oc3ccnc(-n4c5[c-]c(Oc6[c-]c(N7[CH-]N(c8c(-c9c([2H])c([2H])c([2H])c([2H])c9[2H])cccc8-c8c([2H])c([2H])c([2H])c([2H])c8[2H])c8ccccc87)ccc6)ccc5c5cc(-c6c([2H])c([2H])c([2H])c([2H])c6[2H])ccc54)c3)cc(C(C)(C)C)c2)c([2H])c1[2H].[Pt]. The van der Waals surface area contributed by atoms with Crippen molar-refractivity contribution in [3.05, 3.63) is 321 Å². The molecule has 7 heteroatoms. The molecule has 0 N–H and O–H groups in total. The molecular formula is C82H59N4O2Pt-3. The summed E-state index contributed by atoms with van der Waals surface area (Å²) in [4.78, 5) is 8.27. The van der Waals surface area contributed by atoms with Gasteiger partial charge in [-0.2, -0.15) is 12.1 Å². The van der Waals surface area contributed by atoms with E-state index in [0.29, 0.717) is 55.6 Å². The first-order valence-corrected chi connectivity index (χ1v) is 27.8. The van der Waals surface area contributed by atoms with Crippen LogP contribution in [0.15, 0.2) is 297 Å². The quantitative estimate of drug-likeness (QED) is 0.108. The van der Waals surface area contributed by atoms with Gasteiger partial charge < -0.3 is 23.8 Å². The van der Waals surface area contributed by atoms with Gasteiger partial charge >= 0.3 is 0 Å². The predicted molar refractivity (Wildman–Crippen MR) is 362 cm³/mol. The van der Waals surface area contributed by atoms with Crippen LogP contribution in [-0.2, 0) is 26.5 Å². The van der Waals surface area contributed by atoms with Crippen molar-refractivity contribution in [3.63, 3.8) is 0 Å². The maximum atomic E-state index is 9.26. The van der Waals surface area contributed by atoms with E-state index in [0.717, 1.165) is 0 Å². The number of rotatable bonds is 13. The number of nitrogens with zero attached hydrogens (tertiary/aromatic N) is 4. The minimum absolute atomic E-state index is 0. The molecule has 2 aromatic heterocycles. The molecule has 3 heterocycles. The fourth-order valence-corrected chi connectivity index (χ4v) is 10.9. The summed E-state index contributed by atoms with van der Waals surface area (Å²) < 4.78 is 236. The van der Waals surface area contributed by atoms with E-state index in [2.05, 4.69) is 12.1 Å². The number of aromatic nitrogens is 2. The molecule has 0 aliphatic carbocycles. The summed E-state index contributed by atoms with van der Waals surface area (Å²) in [6.45, 7) is 7.45. The van der Waals surface area contributed by atoms with Crippen LogP contribution in [0, 0.1) is 18.8 Å². The van der Waals surface area contributed by atoms with Crippen LogP contribution >= 0.6 is 0 Å². The van der Waals surface area contributed by atoms with Crippen molar-refractivity contribution >= 4 is 44.6 Å². The molecule has 14 aromatic rings. The third-order valence-corrected chi connectivity index (χ3v) is 15.0. The van der Waals surface area contributed by atoms with Gasteiger partial charge in [0.1, 0.15) is 17.3 Å². The number of fused-ring (bicyclic) bond motifs is 4. The van der Waals surface area contributed by atoms with Crippen molar-refractivity contribution in [2.75, 3.05) is 9.80 Å². The van der Waals surface area contributed by atoms with Crippen LogP contribution < -0.4 is 19.3 Å². The first-order valence-electron chi connectivity index (χ1n) is 40.3. The van der Waals surface area contributed by atoms with Gasteiger partial charge in [-0.05, 0) is 91.2 Å². The fraction of sp³-hybridized carbons (Fsp3) is 0.0488. The molecule has 15 rings (SSSR count). The molecule has 0 atom stereocenters. The standard InChI is InChI=1S/C82H59N4O2.Pt/c1-82(2,3)64-49-62(57-26-11-5-12-27-57)48-63(50-64)72-39-23-38-71(60-32-17-8-18-33-60)81(72)88-68-46-47-83-79(54-68)86-75-45-42-61(56-24-9-4-10-25-56)51-74(75)73-44-43-67(53-78(73)86)87-66-35-21-34-65(52-66)84-55-85(77-41-20-19-40-76(77)84)80-69(58-28-13-6-14-29-58)36-22-37-70(80)59-30-15-7-16-31-59;/h4-51,54-55H,1-3H3;/q-3;/i4D,5D,6D,7D,8D,9D,10D,11D,12D,13D,14D,15D,16D,17D,18D,24D,25D,26D,27D,28D,29D,30D,31D,32D,33D;. The number of hydrogen-bond donors (Lipinski definition) is 0. The first kappa shape index (κ1) is 34.7. The Labute approximate surface area is 569 Å². The Bertz CT molecular complexity index is 6230. The number of pyridine rings is 1. The van der Waals surface area contributed by atoms with Crippen LogP contribution in [0.5, 0.6) is 23.0 Å². The van der Waals surface area contributed by atoms with Gasteiger partial charge in [-0.25, -0.2) is 4.98 Å². The second-order valence-corrected chi connectivity index (χ2v) is 21.4. The van der Waals surface area contributed by atoms with Gasteiger partial charge in [-0.3, -0.25) is 0 Å². The normalized spacial score (nSPS) is 16.0. The maximum absolute atomic E-state index is 9.26. The van der Waals surface area contributed by atoms with E-state index >= 15 is 0 Å². The van der Waals surface area contributed by atoms with Gasteiger partial charge in [0.15, 0.2) is 0 Å². The average molecular weight is 1350 g/mol. The molecule has 0 saturated carbocycles. The third-order valence-electron chi connectivity index (χ3n) is 15.0. The molecular weight excluding hydrogens is 1270 g/mol. The van der Waals surface area contributed by atoms with Crippen LogP contribution in [0.3, 0.4) is 0 Å². The third kappa shape index (κ3) is 11.0. The maximum Gasteiger partial charge on any atom is 0.143 e. The Morgan fingerprint density at radius 3 is 1.61 bits per heavy atom. The van der Waals surface area contributed by atoms with Crippen LogP contribution in [0.4, 0.5) is 22.7 Å². The Hall–Kier alpha value is -10.5. The Morgan fingerprint density at radius 2 is 0.978 bits per heavy atom. The zero-order chi connectivity index (χ0) is 80.9. The topological polar surface area (TPSA) is 42.8 Å². The minimum atomic E-state index is -0.641. The zero-order valence-corrected chi connectivity index (χ0v) is 49.6. The molecule has 6 nitrogen and oxygen atoms in total. The van der Waals surface area contributed by atoms with E-state index in [1.54, 1.807) is 130 Å². The average Bonchev–Trinajstić information content (AvgIpc) is 1.53. The Kier molecular flexibility index (Phi) is 9.35. The summed E-state index contributed by atoms with van der Waals surface area (Å²) >= 11 is 0. The van der Waals surface area contributed by atoms with Crippen molar-refractivity contribution in [1.82, 2.24) is 9.55 Å². The van der Waals surface area contributed by atoms with E-state index in [-0.39, 0.29) is 111 Å². The number of para-hydroxylation sites is 4. The minimum Gasteiger partial charge on any atom is -0.509 e. The summed E-state index contributed by atoms with van der Waals surface area (Å²) in [6.07, 6.45) is 1.45. The van der Waals surface area contributed by atoms with Crippen molar-refractivity contribution < 1.29 is 64.8 Å². The molecule has 432 valence electrons. The van der Waals surface area contributed by atoms with Crippen LogP contribution in [0.25, 0.3) is 94.4 Å². The largest absolute Gasteiger partial charge is 0.509 e. The van der Waals surface area contributed by atoms with Gasteiger partial charge in [-0.15, -0.1) is 48.1 Å². The molecule has 0 amide bonds. The Morgan fingerprint density at radius 1 is 0.438 bits per heavy atom. The van der Waals surface area contributed by atoms with Crippen LogP contribution in [0.2, 0.25) is 0 Å². The summed E-state index contributed by atoms with van der Waals surface area (Å²) in [5, 5.41) is 0.997. The molecule has 89 heavy (non-hydrogen) atoms. The number of anilines is 4. The molecule has 12 aromatic carbocycles.